The number of hydrogen-bond acceptors (Lipinski definition) is 4. The normalized spacial score (nSPS) is 19.7. The van der Waals surface area contributed by atoms with Crippen molar-refractivity contribution >= 4 is 18.7 Å². The minimum atomic E-state index is 0.0381. The molecule has 1 aromatic carbocycles. The van der Waals surface area contributed by atoms with Crippen LogP contribution in [0.2, 0.25) is 0 Å². The smallest absolute Gasteiger partial charge is 0.228 e. The van der Waals surface area contributed by atoms with E-state index in [0.717, 1.165) is 53.9 Å². The first-order valence-electron chi connectivity index (χ1n) is 10.5. The first kappa shape index (κ1) is 22.0. The predicted molar refractivity (Wildman–Crippen MR) is 123 cm³/mol. The van der Waals surface area contributed by atoms with Crippen LogP contribution in [0.1, 0.15) is 42.6 Å². The molecule has 0 aliphatic heterocycles. The van der Waals surface area contributed by atoms with E-state index in [1.54, 1.807) is 0 Å². The molecule has 1 aromatic heterocycles. The van der Waals surface area contributed by atoms with E-state index in [1.807, 2.05) is 26.2 Å². The van der Waals surface area contributed by atoms with Crippen LogP contribution < -0.4 is 5.32 Å². The molecule has 3 rings (SSSR count). The summed E-state index contributed by atoms with van der Waals surface area (Å²) in [4.78, 5) is 23.5. The summed E-state index contributed by atoms with van der Waals surface area (Å²) in [5.41, 5.74) is 4.24. The van der Waals surface area contributed by atoms with E-state index in [0.29, 0.717) is 11.9 Å². The molecule has 1 amide bonds. The number of nitrogens with one attached hydrogen (secondary N) is 1. The maximum Gasteiger partial charge on any atom is 0.228 e. The number of aromatic nitrogens is 2. The second-order valence-corrected chi connectivity index (χ2v) is 8.47. The molecule has 1 N–H and O–H groups in total. The van der Waals surface area contributed by atoms with Crippen LogP contribution in [0.4, 0.5) is 0 Å². The van der Waals surface area contributed by atoms with Crippen LogP contribution in [0.5, 0.6) is 0 Å². The second-order valence-electron chi connectivity index (χ2n) is 8.47. The van der Waals surface area contributed by atoms with Crippen molar-refractivity contribution in [3.63, 3.8) is 0 Å². The van der Waals surface area contributed by atoms with Gasteiger partial charge in [-0.15, -0.1) is 0 Å². The molecular weight excluding hydrogens is 374 g/mol. The third-order valence-corrected chi connectivity index (χ3v) is 6.31. The van der Waals surface area contributed by atoms with Crippen molar-refractivity contribution in [3.8, 4) is 11.3 Å². The lowest BCUT2D eigenvalue weighted by molar-refractivity contribution is -0.125. The number of imidazole rings is 1. The minimum absolute atomic E-state index is 0.0381. The van der Waals surface area contributed by atoms with Crippen LogP contribution >= 0.6 is 0 Å². The predicted octanol–water partition coefficient (Wildman–Crippen LogP) is 3.94. The Labute approximate surface area is 179 Å². The van der Waals surface area contributed by atoms with Gasteiger partial charge in [0.2, 0.25) is 5.91 Å². The Hall–Kier alpha value is -2.73. The number of aliphatic imine (C=N–C) groups is 1. The summed E-state index contributed by atoms with van der Waals surface area (Å²) in [5, 5.41) is 2.99. The third-order valence-electron chi connectivity index (χ3n) is 6.31. The fourth-order valence-corrected chi connectivity index (χ4v) is 4.08. The first-order valence-corrected chi connectivity index (χ1v) is 10.5. The highest BCUT2D eigenvalue weighted by molar-refractivity contribution is 5.82. The van der Waals surface area contributed by atoms with Crippen LogP contribution in [0, 0.1) is 19.8 Å². The molecule has 0 saturated heterocycles. The molecule has 0 spiro atoms. The lowest BCUT2D eigenvalue weighted by Crippen LogP contribution is -2.37. The number of hydrogen-bond donors (Lipinski definition) is 1. The van der Waals surface area contributed by atoms with Crippen molar-refractivity contribution in [2.24, 2.45) is 18.0 Å². The highest BCUT2D eigenvalue weighted by atomic mass is 16.2. The fraction of sp³-hybridized carbons (Fsp3) is 0.458. The molecular formula is C24H33N5O. The van der Waals surface area contributed by atoms with Crippen LogP contribution in [-0.4, -0.2) is 47.2 Å². The number of rotatable bonds is 6. The molecule has 0 bridgehead atoms. The summed E-state index contributed by atoms with van der Waals surface area (Å²) in [5.74, 6) is 1.54. The summed E-state index contributed by atoms with van der Waals surface area (Å²) in [6, 6.07) is 6.84. The van der Waals surface area contributed by atoms with Crippen LogP contribution in [-0.2, 0) is 11.8 Å². The molecule has 6 heteroatoms. The summed E-state index contributed by atoms with van der Waals surface area (Å²) in [6.45, 7) is 7.70. The van der Waals surface area contributed by atoms with Crippen LogP contribution in [0.25, 0.3) is 17.3 Å². The van der Waals surface area contributed by atoms with Gasteiger partial charge in [0.1, 0.15) is 11.6 Å². The zero-order valence-corrected chi connectivity index (χ0v) is 18.8. The van der Waals surface area contributed by atoms with Gasteiger partial charge in [-0.3, -0.25) is 4.79 Å². The number of amides is 1. The molecule has 2 aromatic rings. The van der Waals surface area contributed by atoms with Gasteiger partial charge in [-0.2, -0.15) is 0 Å². The Morgan fingerprint density at radius 1 is 1.27 bits per heavy atom. The highest BCUT2D eigenvalue weighted by Crippen LogP contribution is 2.27. The van der Waals surface area contributed by atoms with Crippen molar-refractivity contribution in [2.45, 2.75) is 45.6 Å². The molecule has 160 valence electrons. The van der Waals surface area contributed by atoms with Crippen molar-refractivity contribution in [3.05, 3.63) is 47.2 Å². The minimum Gasteiger partial charge on any atom is -0.331 e. The van der Waals surface area contributed by atoms with E-state index >= 15 is 0 Å². The summed E-state index contributed by atoms with van der Waals surface area (Å²) >= 11 is 0. The Balaban J connectivity index is 1.76. The number of carbonyl (C=O) groups excluding carboxylic acids is 1. The van der Waals surface area contributed by atoms with Gasteiger partial charge in [0, 0.05) is 24.6 Å². The SMILES string of the molecule is C=N/C(=C\c1cc(-c2cnc(C)n2C)ccc1C)NC(=O)C1CCC(N(C)C)CC1. The molecule has 6 nitrogen and oxygen atoms in total. The highest BCUT2D eigenvalue weighted by Gasteiger charge is 2.27. The van der Waals surface area contributed by atoms with Gasteiger partial charge in [0.05, 0.1) is 11.9 Å². The van der Waals surface area contributed by atoms with Gasteiger partial charge in [-0.05, 0) is 83.6 Å². The van der Waals surface area contributed by atoms with E-state index < -0.39 is 0 Å². The molecule has 1 heterocycles. The molecule has 1 aliphatic carbocycles. The Morgan fingerprint density at radius 2 is 1.97 bits per heavy atom. The van der Waals surface area contributed by atoms with E-state index in [2.05, 4.69) is 70.7 Å². The average Bonchev–Trinajstić information content (AvgIpc) is 3.07. The molecule has 0 radical (unpaired) electrons. The number of carbonyl (C=O) groups is 1. The van der Waals surface area contributed by atoms with Crippen molar-refractivity contribution in [1.82, 2.24) is 19.8 Å². The maximum absolute atomic E-state index is 12.8. The summed E-state index contributed by atoms with van der Waals surface area (Å²) in [6.07, 6.45) is 7.71. The van der Waals surface area contributed by atoms with Crippen molar-refractivity contribution in [2.75, 3.05) is 14.1 Å². The Morgan fingerprint density at radius 3 is 2.53 bits per heavy atom. The molecule has 1 fully saturated rings. The molecule has 0 unspecified atom stereocenters. The third kappa shape index (κ3) is 4.87. The van der Waals surface area contributed by atoms with Gasteiger partial charge < -0.3 is 14.8 Å². The first-order chi connectivity index (χ1) is 14.3. The quantitative estimate of drug-likeness (QED) is 0.738. The number of benzene rings is 1. The monoisotopic (exact) mass is 407 g/mol. The van der Waals surface area contributed by atoms with E-state index in [-0.39, 0.29) is 11.8 Å². The van der Waals surface area contributed by atoms with Gasteiger partial charge in [-0.1, -0.05) is 12.1 Å². The zero-order valence-electron chi connectivity index (χ0n) is 18.8. The van der Waals surface area contributed by atoms with E-state index in [1.165, 1.54) is 0 Å². The standard InChI is InChI=1S/C24H33N5O/c1-16-7-8-19(22-15-26-17(2)29(22)6)13-20(16)14-23(25-3)27-24(30)18-9-11-21(12-10-18)28(4)5/h7-8,13-15,18,21H,3,9-12H2,1-2,4-6H3,(H,27,30)/b23-14+. The summed E-state index contributed by atoms with van der Waals surface area (Å²) in [7, 11) is 6.22. The Bertz CT molecular complexity index is 949. The molecule has 1 saturated carbocycles. The number of nitrogens with zero attached hydrogens (tertiary/aromatic N) is 4. The van der Waals surface area contributed by atoms with Gasteiger partial charge in [-0.25, -0.2) is 9.98 Å². The summed E-state index contributed by atoms with van der Waals surface area (Å²) < 4.78 is 2.07. The topological polar surface area (TPSA) is 62.5 Å². The van der Waals surface area contributed by atoms with Crippen molar-refractivity contribution in [1.29, 1.82) is 0 Å². The van der Waals surface area contributed by atoms with E-state index in [9.17, 15) is 4.79 Å². The van der Waals surface area contributed by atoms with Gasteiger partial charge >= 0.3 is 0 Å². The second kappa shape index (κ2) is 9.39. The fourth-order valence-electron chi connectivity index (χ4n) is 4.08. The van der Waals surface area contributed by atoms with Crippen molar-refractivity contribution < 1.29 is 4.79 Å². The van der Waals surface area contributed by atoms with Gasteiger partial charge in [0.15, 0.2) is 0 Å². The molecule has 1 aliphatic rings. The maximum atomic E-state index is 12.8. The average molecular weight is 408 g/mol. The lowest BCUT2D eigenvalue weighted by Gasteiger charge is -2.31. The van der Waals surface area contributed by atoms with Gasteiger partial charge in [0.25, 0.3) is 0 Å². The van der Waals surface area contributed by atoms with Crippen LogP contribution in [0.15, 0.2) is 35.2 Å². The Kier molecular flexibility index (Phi) is 6.87. The lowest BCUT2D eigenvalue weighted by atomic mass is 9.85. The largest absolute Gasteiger partial charge is 0.331 e. The molecule has 0 atom stereocenters. The van der Waals surface area contributed by atoms with E-state index in [4.69, 9.17) is 0 Å². The zero-order chi connectivity index (χ0) is 21.8. The molecule has 30 heavy (non-hydrogen) atoms. The number of aryl methyl sites for hydroxylation is 2. The van der Waals surface area contributed by atoms with Crippen LogP contribution in [0.3, 0.4) is 0 Å².